The van der Waals surface area contributed by atoms with Crippen LogP contribution >= 0.6 is 0 Å². The summed E-state index contributed by atoms with van der Waals surface area (Å²) in [6.45, 7) is 2.24. The fourth-order valence-corrected chi connectivity index (χ4v) is 1.29. The van der Waals surface area contributed by atoms with Gasteiger partial charge in [0, 0.05) is 6.07 Å². The number of rotatable bonds is 3. The third kappa shape index (κ3) is 2.20. The molecule has 0 radical (unpaired) electrons. The second kappa shape index (κ2) is 4.49. The fraction of sp³-hybridized carbons (Fsp3) is 0.167. The Bertz CT molecular complexity index is 512. The first-order valence-electron chi connectivity index (χ1n) is 4.82. The Labute approximate surface area is 93.1 Å². The summed E-state index contributed by atoms with van der Waals surface area (Å²) in [7, 11) is 0. The highest BCUT2D eigenvalue weighted by atomic mass is 16.5. The number of hydrogen-bond donors (Lipinski definition) is 0. The summed E-state index contributed by atoms with van der Waals surface area (Å²) in [5.74, 6) is 1.34. The van der Waals surface area contributed by atoms with Gasteiger partial charge in [0.2, 0.25) is 0 Å². The molecule has 0 N–H and O–H groups in total. The molecular weight excluding hydrogens is 204 g/mol. The summed E-state index contributed by atoms with van der Waals surface area (Å²) in [6, 6.07) is 9.14. The van der Waals surface area contributed by atoms with Crippen molar-refractivity contribution in [1.29, 1.82) is 5.26 Å². The van der Waals surface area contributed by atoms with Gasteiger partial charge in [-0.3, -0.25) is 0 Å². The van der Waals surface area contributed by atoms with Gasteiger partial charge in [0.1, 0.15) is 12.4 Å². The van der Waals surface area contributed by atoms with Crippen LogP contribution in [0, 0.1) is 18.3 Å². The maximum absolute atomic E-state index is 8.77. The molecular formula is C12H10N2O2. The molecule has 1 aromatic heterocycles. The van der Waals surface area contributed by atoms with E-state index in [1.165, 1.54) is 0 Å². The largest absolute Gasteiger partial charge is 0.485 e. The average Bonchev–Trinajstić information content (AvgIpc) is 2.81. The van der Waals surface area contributed by atoms with Gasteiger partial charge in [-0.2, -0.15) is 5.26 Å². The van der Waals surface area contributed by atoms with Gasteiger partial charge in [-0.05, 0) is 24.6 Å². The molecule has 0 fully saturated rings. The zero-order valence-corrected chi connectivity index (χ0v) is 8.80. The first kappa shape index (κ1) is 10.2. The van der Waals surface area contributed by atoms with Crippen LogP contribution in [-0.2, 0) is 6.61 Å². The van der Waals surface area contributed by atoms with Crippen molar-refractivity contribution in [3.8, 4) is 11.8 Å². The minimum absolute atomic E-state index is 0.315. The molecule has 0 aliphatic rings. The lowest BCUT2D eigenvalue weighted by Crippen LogP contribution is -1.96. The fourth-order valence-electron chi connectivity index (χ4n) is 1.29. The first-order chi connectivity index (χ1) is 7.79. The minimum Gasteiger partial charge on any atom is -0.485 e. The average molecular weight is 214 g/mol. The van der Waals surface area contributed by atoms with Crippen LogP contribution in [0.1, 0.15) is 16.9 Å². The van der Waals surface area contributed by atoms with Crippen molar-refractivity contribution >= 4 is 0 Å². The van der Waals surface area contributed by atoms with Crippen molar-refractivity contribution in [3.63, 3.8) is 0 Å². The lowest BCUT2D eigenvalue weighted by atomic mass is 10.1. The molecule has 0 aliphatic heterocycles. The van der Waals surface area contributed by atoms with Crippen molar-refractivity contribution in [1.82, 2.24) is 5.16 Å². The molecule has 0 bridgehead atoms. The van der Waals surface area contributed by atoms with E-state index in [4.69, 9.17) is 14.5 Å². The molecule has 0 saturated carbocycles. The Morgan fingerprint density at radius 1 is 1.44 bits per heavy atom. The molecule has 0 aliphatic carbocycles. The minimum atomic E-state index is 0.315. The van der Waals surface area contributed by atoms with Crippen LogP contribution < -0.4 is 4.74 Å². The number of ether oxygens (including phenoxy) is 1. The van der Waals surface area contributed by atoms with E-state index in [9.17, 15) is 0 Å². The zero-order valence-electron chi connectivity index (χ0n) is 8.80. The molecule has 1 aromatic carbocycles. The maximum Gasteiger partial charge on any atom is 0.174 e. The van der Waals surface area contributed by atoms with E-state index in [0.717, 1.165) is 5.56 Å². The summed E-state index contributed by atoms with van der Waals surface area (Å²) >= 11 is 0. The number of aromatic nitrogens is 1. The van der Waals surface area contributed by atoms with Crippen LogP contribution in [0.2, 0.25) is 0 Å². The SMILES string of the molecule is Cc1ccc(C#N)cc1OCc1ccno1. The lowest BCUT2D eigenvalue weighted by molar-refractivity contribution is 0.248. The second-order valence-electron chi connectivity index (χ2n) is 3.36. The van der Waals surface area contributed by atoms with Crippen LogP contribution in [0.25, 0.3) is 0 Å². The Balaban J connectivity index is 2.12. The van der Waals surface area contributed by atoms with E-state index in [1.807, 2.05) is 13.0 Å². The molecule has 16 heavy (non-hydrogen) atoms. The highest BCUT2D eigenvalue weighted by molar-refractivity contribution is 5.41. The van der Waals surface area contributed by atoms with E-state index in [-0.39, 0.29) is 0 Å². The molecule has 0 unspecified atom stereocenters. The number of aryl methyl sites for hydroxylation is 1. The predicted molar refractivity (Wildman–Crippen MR) is 56.7 cm³/mol. The van der Waals surface area contributed by atoms with E-state index in [1.54, 1.807) is 24.4 Å². The molecule has 0 amide bonds. The van der Waals surface area contributed by atoms with Gasteiger partial charge in [0.05, 0.1) is 17.8 Å². The van der Waals surface area contributed by atoms with Gasteiger partial charge >= 0.3 is 0 Å². The molecule has 0 spiro atoms. The van der Waals surface area contributed by atoms with Crippen LogP contribution in [0.4, 0.5) is 0 Å². The topological polar surface area (TPSA) is 59.0 Å². The number of benzene rings is 1. The Kier molecular flexibility index (Phi) is 2.88. The molecule has 2 aromatic rings. The van der Waals surface area contributed by atoms with Gasteiger partial charge in [0.25, 0.3) is 0 Å². The summed E-state index contributed by atoms with van der Waals surface area (Å²) in [5.41, 5.74) is 1.57. The summed E-state index contributed by atoms with van der Waals surface area (Å²) in [6.07, 6.45) is 1.57. The predicted octanol–water partition coefficient (Wildman–Crippen LogP) is 2.43. The molecule has 80 valence electrons. The summed E-state index contributed by atoms with van der Waals surface area (Å²) in [5, 5.41) is 12.4. The van der Waals surface area contributed by atoms with Gasteiger partial charge in [0.15, 0.2) is 5.76 Å². The van der Waals surface area contributed by atoms with Crippen molar-refractivity contribution in [2.45, 2.75) is 13.5 Å². The maximum atomic E-state index is 8.77. The van der Waals surface area contributed by atoms with Crippen LogP contribution in [0.5, 0.6) is 5.75 Å². The first-order valence-corrected chi connectivity index (χ1v) is 4.82. The third-order valence-corrected chi connectivity index (χ3v) is 2.18. The molecule has 4 nitrogen and oxygen atoms in total. The van der Waals surface area contributed by atoms with Crippen molar-refractivity contribution in [2.24, 2.45) is 0 Å². The Morgan fingerprint density at radius 2 is 2.31 bits per heavy atom. The molecule has 2 rings (SSSR count). The van der Waals surface area contributed by atoms with Gasteiger partial charge < -0.3 is 9.26 Å². The van der Waals surface area contributed by atoms with Crippen LogP contribution in [-0.4, -0.2) is 5.16 Å². The highest BCUT2D eigenvalue weighted by Gasteiger charge is 2.03. The van der Waals surface area contributed by atoms with E-state index in [0.29, 0.717) is 23.7 Å². The van der Waals surface area contributed by atoms with E-state index in [2.05, 4.69) is 11.2 Å². The molecule has 0 atom stereocenters. The monoisotopic (exact) mass is 214 g/mol. The van der Waals surface area contributed by atoms with E-state index < -0.39 is 0 Å². The second-order valence-corrected chi connectivity index (χ2v) is 3.36. The van der Waals surface area contributed by atoms with Crippen molar-refractivity contribution in [2.75, 3.05) is 0 Å². The van der Waals surface area contributed by atoms with Gasteiger partial charge in [-0.1, -0.05) is 11.2 Å². The third-order valence-electron chi connectivity index (χ3n) is 2.18. The smallest absolute Gasteiger partial charge is 0.174 e. The summed E-state index contributed by atoms with van der Waals surface area (Å²) in [4.78, 5) is 0. The van der Waals surface area contributed by atoms with Gasteiger partial charge in [-0.25, -0.2) is 0 Å². The number of hydrogen-bond acceptors (Lipinski definition) is 4. The zero-order chi connectivity index (χ0) is 11.4. The van der Waals surface area contributed by atoms with Gasteiger partial charge in [-0.15, -0.1) is 0 Å². The molecule has 0 saturated heterocycles. The molecule has 4 heteroatoms. The van der Waals surface area contributed by atoms with Crippen molar-refractivity contribution in [3.05, 3.63) is 47.3 Å². The number of nitriles is 1. The number of nitrogens with zero attached hydrogens (tertiary/aromatic N) is 2. The van der Waals surface area contributed by atoms with E-state index >= 15 is 0 Å². The Morgan fingerprint density at radius 3 is 3.00 bits per heavy atom. The highest BCUT2D eigenvalue weighted by Crippen LogP contribution is 2.20. The summed E-state index contributed by atoms with van der Waals surface area (Å²) < 4.78 is 10.5. The van der Waals surface area contributed by atoms with Crippen LogP contribution in [0.15, 0.2) is 35.0 Å². The molecule has 1 heterocycles. The van der Waals surface area contributed by atoms with Crippen LogP contribution in [0.3, 0.4) is 0 Å². The standard InChI is InChI=1S/C12H10N2O2/c1-9-2-3-10(7-13)6-12(9)15-8-11-4-5-14-16-11/h2-6H,8H2,1H3. The lowest BCUT2D eigenvalue weighted by Gasteiger charge is -2.07. The normalized spacial score (nSPS) is 9.75. The Hall–Kier alpha value is -2.28. The quantitative estimate of drug-likeness (QED) is 0.787. The van der Waals surface area contributed by atoms with Crippen molar-refractivity contribution < 1.29 is 9.26 Å².